The molecule has 0 aromatic carbocycles. The fourth-order valence-electron chi connectivity index (χ4n) is 2.75. The standard InChI is InChI=1S/C16H23N3O4S/c1-2-4-14(20)19-8-3-5-11(9-19)15(21)17-7-6-13-18-12(10-24-13)16(22)23/h10-11H,2-9H2,1H3,(H,17,21)(H,22,23). The van der Waals surface area contributed by atoms with Crippen LogP contribution in [0.2, 0.25) is 0 Å². The second kappa shape index (κ2) is 8.77. The average Bonchev–Trinajstić information content (AvgIpc) is 3.04. The van der Waals surface area contributed by atoms with Crippen molar-refractivity contribution < 1.29 is 19.5 Å². The number of carbonyl (C=O) groups is 3. The van der Waals surface area contributed by atoms with Crippen LogP contribution in [-0.4, -0.2) is 52.4 Å². The van der Waals surface area contributed by atoms with Crippen molar-refractivity contribution in [3.8, 4) is 0 Å². The zero-order valence-electron chi connectivity index (χ0n) is 13.8. The third-order valence-electron chi connectivity index (χ3n) is 4.02. The van der Waals surface area contributed by atoms with Crippen LogP contribution in [-0.2, 0) is 16.0 Å². The summed E-state index contributed by atoms with van der Waals surface area (Å²) in [7, 11) is 0. The second-order valence-electron chi connectivity index (χ2n) is 5.90. The van der Waals surface area contributed by atoms with E-state index in [9.17, 15) is 14.4 Å². The summed E-state index contributed by atoms with van der Waals surface area (Å²) in [5.74, 6) is -1.12. The number of carboxylic acids is 1. The van der Waals surface area contributed by atoms with E-state index in [1.807, 2.05) is 6.92 Å². The molecule has 1 fully saturated rings. The molecule has 1 aliphatic heterocycles. The number of hydrogen-bond donors (Lipinski definition) is 2. The van der Waals surface area contributed by atoms with Crippen molar-refractivity contribution in [1.29, 1.82) is 0 Å². The minimum atomic E-state index is -1.04. The maximum absolute atomic E-state index is 12.3. The maximum atomic E-state index is 12.3. The molecule has 0 aliphatic carbocycles. The Morgan fingerprint density at radius 1 is 1.46 bits per heavy atom. The number of rotatable bonds is 7. The van der Waals surface area contributed by atoms with E-state index in [-0.39, 0.29) is 23.4 Å². The molecular weight excluding hydrogens is 330 g/mol. The summed E-state index contributed by atoms with van der Waals surface area (Å²) in [6, 6.07) is 0. The number of piperidine rings is 1. The fraction of sp³-hybridized carbons (Fsp3) is 0.625. The molecule has 2 heterocycles. The first-order valence-corrected chi connectivity index (χ1v) is 9.12. The number of likely N-dealkylation sites (tertiary alicyclic amines) is 1. The molecule has 132 valence electrons. The molecule has 7 nitrogen and oxygen atoms in total. The van der Waals surface area contributed by atoms with E-state index in [4.69, 9.17) is 5.11 Å². The van der Waals surface area contributed by atoms with Crippen LogP contribution in [0.3, 0.4) is 0 Å². The summed E-state index contributed by atoms with van der Waals surface area (Å²) < 4.78 is 0. The number of carbonyl (C=O) groups excluding carboxylic acids is 2. The lowest BCUT2D eigenvalue weighted by molar-refractivity contribution is -0.135. The number of nitrogens with one attached hydrogen (secondary N) is 1. The first-order chi connectivity index (χ1) is 11.5. The summed E-state index contributed by atoms with van der Waals surface area (Å²) in [6.45, 7) is 3.62. The molecular formula is C16H23N3O4S. The molecule has 0 bridgehead atoms. The van der Waals surface area contributed by atoms with Gasteiger partial charge >= 0.3 is 5.97 Å². The molecule has 0 spiro atoms. The molecule has 1 unspecified atom stereocenters. The van der Waals surface area contributed by atoms with Gasteiger partial charge in [0.25, 0.3) is 0 Å². The van der Waals surface area contributed by atoms with Crippen LogP contribution >= 0.6 is 11.3 Å². The molecule has 1 saturated heterocycles. The molecule has 1 aliphatic rings. The number of amides is 2. The zero-order chi connectivity index (χ0) is 17.5. The van der Waals surface area contributed by atoms with Gasteiger partial charge < -0.3 is 15.3 Å². The van der Waals surface area contributed by atoms with Gasteiger partial charge in [-0.3, -0.25) is 9.59 Å². The Morgan fingerprint density at radius 2 is 2.25 bits per heavy atom. The van der Waals surface area contributed by atoms with Crippen molar-refractivity contribution in [2.24, 2.45) is 5.92 Å². The number of thiazole rings is 1. The highest BCUT2D eigenvalue weighted by atomic mass is 32.1. The van der Waals surface area contributed by atoms with Crippen LogP contribution in [0.1, 0.15) is 48.1 Å². The van der Waals surface area contributed by atoms with E-state index in [0.717, 1.165) is 25.8 Å². The van der Waals surface area contributed by atoms with E-state index >= 15 is 0 Å². The van der Waals surface area contributed by atoms with Gasteiger partial charge in [0.1, 0.15) is 0 Å². The van der Waals surface area contributed by atoms with Crippen molar-refractivity contribution >= 4 is 29.1 Å². The molecule has 0 radical (unpaired) electrons. The highest BCUT2D eigenvalue weighted by Gasteiger charge is 2.27. The number of aromatic nitrogens is 1. The zero-order valence-corrected chi connectivity index (χ0v) is 14.6. The van der Waals surface area contributed by atoms with Crippen LogP contribution in [0.5, 0.6) is 0 Å². The van der Waals surface area contributed by atoms with Crippen molar-refractivity contribution in [1.82, 2.24) is 15.2 Å². The Hall–Kier alpha value is -1.96. The van der Waals surface area contributed by atoms with Crippen LogP contribution in [0.4, 0.5) is 0 Å². The van der Waals surface area contributed by atoms with E-state index < -0.39 is 5.97 Å². The highest BCUT2D eigenvalue weighted by Crippen LogP contribution is 2.18. The van der Waals surface area contributed by atoms with Gasteiger partial charge in [0, 0.05) is 37.9 Å². The normalized spacial score (nSPS) is 17.5. The van der Waals surface area contributed by atoms with Crippen molar-refractivity contribution in [3.05, 3.63) is 16.1 Å². The molecule has 1 aromatic rings. The fourth-order valence-corrected chi connectivity index (χ4v) is 3.52. The van der Waals surface area contributed by atoms with Crippen molar-refractivity contribution in [2.75, 3.05) is 19.6 Å². The van der Waals surface area contributed by atoms with E-state index in [0.29, 0.717) is 30.9 Å². The SMILES string of the molecule is CCCC(=O)N1CCCC(C(=O)NCCc2nc(C(=O)O)cs2)C1. The molecule has 2 rings (SSSR count). The lowest BCUT2D eigenvalue weighted by Gasteiger charge is -2.32. The largest absolute Gasteiger partial charge is 0.476 e. The predicted molar refractivity (Wildman–Crippen MR) is 90.0 cm³/mol. The quantitative estimate of drug-likeness (QED) is 0.774. The van der Waals surface area contributed by atoms with Gasteiger partial charge in [0.15, 0.2) is 5.69 Å². The molecule has 8 heteroatoms. The number of aromatic carboxylic acids is 1. The third-order valence-corrected chi connectivity index (χ3v) is 4.93. The molecule has 2 N–H and O–H groups in total. The van der Waals surface area contributed by atoms with E-state index in [1.165, 1.54) is 16.7 Å². The lowest BCUT2D eigenvalue weighted by atomic mass is 9.96. The van der Waals surface area contributed by atoms with E-state index in [1.54, 1.807) is 4.90 Å². The Labute approximate surface area is 145 Å². The molecule has 1 atom stereocenters. The van der Waals surface area contributed by atoms with Gasteiger partial charge in [-0.25, -0.2) is 9.78 Å². The Balaban J connectivity index is 1.77. The van der Waals surface area contributed by atoms with Crippen molar-refractivity contribution in [2.45, 2.75) is 39.0 Å². The Kier molecular flexibility index (Phi) is 6.72. The number of carboxylic acid groups (broad SMARTS) is 1. The summed E-state index contributed by atoms with van der Waals surface area (Å²) in [5.41, 5.74) is 0.0404. The van der Waals surface area contributed by atoms with Crippen molar-refractivity contribution in [3.63, 3.8) is 0 Å². The van der Waals surface area contributed by atoms with Crippen LogP contribution in [0.15, 0.2) is 5.38 Å². The molecule has 2 amide bonds. The monoisotopic (exact) mass is 353 g/mol. The predicted octanol–water partition coefficient (Wildman–Crippen LogP) is 1.54. The second-order valence-corrected chi connectivity index (χ2v) is 6.84. The minimum absolute atomic E-state index is 0.0404. The number of hydrogen-bond acceptors (Lipinski definition) is 5. The summed E-state index contributed by atoms with van der Waals surface area (Å²) in [6.07, 6.45) is 3.50. The maximum Gasteiger partial charge on any atom is 0.355 e. The Bertz CT molecular complexity index is 602. The lowest BCUT2D eigenvalue weighted by Crippen LogP contribution is -2.45. The topological polar surface area (TPSA) is 99.6 Å². The number of nitrogens with zero attached hydrogens (tertiary/aromatic N) is 2. The minimum Gasteiger partial charge on any atom is -0.476 e. The summed E-state index contributed by atoms with van der Waals surface area (Å²) in [4.78, 5) is 40.8. The van der Waals surface area contributed by atoms with Gasteiger partial charge in [-0.05, 0) is 19.3 Å². The van der Waals surface area contributed by atoms with Gasteiger partial charge in [-0.2, -0.15) is 0 Å². The van der Waals surface area contributed by atoms with Gasteiger partial charge in [-0.1, -0.05) is 6.92 Å². The van der Waals surface area contributed by atoms with E-state index in [2.05, 4.69) is 10.3 Å². The highest BCUT2D eigenvalue weighted by molar-refractivity contribution is 7.09. The molecule has 0 saturated carbocycles. The molecule has 24 heavy (non-hydrogen) atoms. The van der Waals surface area contributed by atoms with Gasteiger partial charge in [-0.15, -0.1) is 11.3 Å². The first kappa shape index (κ1) is 18.4. The molecule has 1 aromatic heterocycles. The summed E-state index contributed by atoms with van der Waals surface area (Å²) >= 11 is 1.28. The third kappa shape index (κ3) is 5.02. The van der Waals surface area contributed by atoms with Crippen LogP contribution < -0.4 is 5.32 Å². The van der Waals surface area contributed by atoms with Crippen LogP contribution in [0, 0.1) is 5.92 Å². The summed E-state index contributed by atoms with van der Waals surface area (Å²) in [5, 5.41) is 13.9. The Morgan fingerprint density at radius 3 is 2.92 bits per heavy atom. The smallest absolute Gasteiger partial charge is 0.355 e. The average molecular weight is 353 g/mol. The van der Waals surface area contributed by atoms with Gasteiger partial charge in [0.05, 0.1) is 10.9 Å². The van der Waals surface area contributed by atoms with Gasteiger partial charge in [0.2, 0.25) is 11.8 Å². The first-order valence-electron chi connectivity index (χ1n) is 8.24. The van der Waals surface area contributed by atoms with Crippen LogP contribution in [0.25, 0.3) is 0 Å².